The van der Waals surface area contributed by atoms with Crippen molar-refractivity contribution in [3.05, 3.63) is 53.3 Å². The first kappa shape index (κ1) is 18.5. The van der Waals surface area contributed by atoms with Crippen LogP contribution in [0.4, 0.5) is 0 Å². The van der Waals surface area contributed by atoms with Crippen LogP contribution in [-0.2, 0) is 6.54 Å². The molecule has 136 valence electrons. The molecule has 0 saturated heterocycles. The van der Waals surface area contributed by atoms with Crippen molar-refractivity contribution in [2.75, 3.05) is 13.3 Å². The second kappa shape index (κ2) is 7.50. The maximum absolute atomic E-state index is 12.9. The Kier molecular flexibility index (Phi) is 5.32. The van der Waals surface area contributed by atoms with E-state index in [9.17, 15) is 4.79 Å². The first-order valence-electron chi connectivity index (χ1n) is 8.64. The SMILES string of the molecule is CSc1ccc(CN(C)C(=O)c2cc3cnn(C(C)C)c3nc2C)cc1. The third-order valence-electron chi connectivity index (χ3n) is 4.40. The Bertz CT molecular complexity index is 931. The molecule has 2 heterocycles. The molecule has 0 atom stereocenters. The van der Waals surface area contributed by atoms with Gasteiger partial charge in [-0.1, -0.05) is 12.1 Å². The highest BCUT2D eigenvalue weighted by Gasteiger charge is 2.18. The monoisotopic (exact) mass is 368 g/mol. The lowest BCUT2D eigenvalue weighted by atomic mass is 10.1. The van der Waals surface area contributed by atoms with Crippen LogP contribution in [0.5, 0.6) is 0 Å². The molecule has 26 heavy (non-hydrogen) atoms. The average Bonchev–Trinajstić information content (AvgIpc) is 3.04. The Balaban J connectivity index is 1.85. The quantitative estimate of drug-likeness (QED) is 0.630. The molecule has 0 aliphatic carbocycles. The molecule has 0 aliphatic rings. The van der Waals surface area contributed by atoms with Gasteiger partial charge in [-0.3, -0.25) is 4.79 Å². The number of rotatable bonds is 5. The molecular weight excluding hydrogens is 344 g/mol. The lowest BCUT2D eigenvalue weighted by Crippen LogP contribution is -2.27. The molecule has 1 aromatic carbocycles. The predicted molar refractivity (Wildman–Crippen MR) is 107 cm³/mol. The van der Waals surface area contributed by atoms with E-state index in [1.165, 1.54) is 4.90 Å². The first-order chi connectivity index (χ1) is 12.4. The van der Waals surface area contributed by atoms with Crippen LogP contribution in [0, 0.1) is 6.92 Å². The molecule has 0 N–H and O–H groups in total. The number of aromatic nitrogens is 3. The Labute approximate surface area is 158 Å². The zero-order chi connectivity index (χ0) is 18.8. The highest BCUT2D eigenvalue weighted by Crippen LogP contribution is 2.21. The number of carbonyl (C=O) groups excluding carboxylic acids is 1. The molecule has 0 spiro atoms. The Morgan fingerprint density at radius 1 is 1.27 bits per heavy atom. The van der Waals surface area contributed by atoms with Gasteiger partial charge < -0.3 is 4.90 Å². The molecule has 6 heteroatoms. The maximum atomic E-state index is 12.9. The van der Waals surface area contributed by atoms with Crippen molar-refractivity contribution in [1.29, 1.82) is 0 Å². The van der Waals surface area contributed by atoms with Crippen molar-refractivity contribution >= 4 is 28.7 Å². The van der Waals surface area contributed by atoms with Crippen molar-refractivity contribution in [3.8, 4) is 0 Å². The second-order valence-electron chi connectivity index (χ2n) is 6.73. The van der Waals surface area contributed by atoms with Crippen molar-refractivity contribution < 1.29 is 4.79 Å². The van der Waals surface area contributed by atoms with E-state index in [1.54, 1.807) is 22.9 Å². The largest absolute Gasteiger partial charge is 0.337 e. The summed E-state index contributed by atoms with van der Waals surface area (Å²) < 4.78 is 1.88. The molecule has 0 unspecified atom stereocenters. The van der Waals surface area contributed by atoms with Crippen molar-refractivity contribution in [3.63, 3.8) is 0 Å². The van der Waals surface area contributed by atoms with Gasteiger partial charge in [0.1, 0.15) is 0 Å². The molecule has 0 bridgehead atoms. The summed E-state index contributed by atoms with van der Waals surface area (Å²) in [5.41, 5.74) is 3.29. The van der Waals surface area contributed by atoms with Gasteiger partial charge in [-0.2, -0.15) is 5.10 Å². The highest BCUT2D eigenvalue weighted by atomic mass is 32.2. The number of carbonyl (C=O) groups is 1. The number of fused-ring (bicyclic) bond motifs is 1. The van der Waals surface area contributed by atoms with Crippen molar-refractivity contribution in [2.45, 2.75) is 38.3 Å². The topological polar surface area (TPSA) is 51.0 Å². The summed E-state index contributed by atoms with van der Waals surface area (Å²) in [6, 6.07) is 10.4. The van der Waals surface area contributed by atoms with Crippen LogP contribution in [0.15, 0.2) is 41.4 Å². The Hall–Kier alpha value is -2.34. The summed E-state index contributed by atoms with van der Waals surface area (Å²) in [5.74, 6) is -0.0249. The average molecular weight is 369 g/mol. The zero-order valence-electron chi connectivity index (χ0n) is 15.9. The van der Waals surface area contributed by atoms with Crippen LogP contribution in [0.2, 0.25) is 0 Å². The summed E-state index contributed by atoms with van der Waals surface area (Å²) in [4.78, 5) is 20.5. The minimum atomic E-state index is -0.0249. The number of aryl methyl sites for hydroxylation is 1. The van der Waals surface area contributed by atoms with Crippen LogP contribution >= 0.6 is 11.8 Å². The molecule has 0 radical (unpaired) electrons. The van der Waals surface area contributed by atoms with Gasteiger partial charge in [-0.15, -0.1) is 11.8 Å². The van der Waals surface area contributed by atoms with Gasteiger partial charge in [0.25, 0.3) is 5.91 Å². The second-order valence-corrected chi connectivity index (χ2v) is 7.61. The van der Waals surface area contributed by atoms with E-state index in [1.807, 2.05) is 24.7 Å². The number of hydrogen-bond acceptors (Lipinski definition) is 4. The molecule has 1 amide bonds. The first-order valence-corrected chi connectivity index (χ1v) is 9.86. The number of benzene rings is 1. The normalized spacial score (nSPS) is 11.3. The van der Waals surface area contributed by atoms with Gasteiger partial charge in [0, 0.05) is 29.9 Å². The molecule has 0 fully saturated rings. The third-order valence-corrected chi connectivity index (χ3v) is 5.15. The standard InChI is InChI=1S/C20H24N4OS/c1-13(2)24-19-16(11-21-24)10-18(14(3)22-19)20(25)23(4)12-15-6-8-17(26-5)9-7-15/h6-11,13H,12H2,1-5H3. The van der Waals surface area contributed by atoms with Crippen LogP contribution in [0.25, 0.3) is 11.0 Å². The number of amides is 1. The summed E-state index contributed by atoms with van der Waals surface area (Å²) >= 11 is 1.71. The van der Waals surface area contributed by atoms with Crippen molar-refractivity contribution in [2.24, 2.45) is 0 Å². The number of pyridine rings is 1. The molecule has 3 rings (SSSR count). The smallest absolute Gasteiger partial charge is 0.255 e. The molecular formula is C20H24N4OS. The van der Waals surface area contributed by atoms with Crippen LogP contribution < -0.4 is 0 Å². The fourth-order valence-electron chi connectivity index (χ4n) is 2.94. The van der Waals surface area contributed by atoms with E-state index in [-0.39, 0.29) is 11.9 Å². The number of hydrogen-bond donors (Lipinski definition) is 0. The van der Waals surface area contributed by atoms with E-state index >= 15 is 0 Å². The molecule has 5 nitrogen and oxygen atoms in total. The van der Waals surface area contributed by atoms with Crippen LogP contribution in [0.3, 0.4) is 0 Å². The Morgan fingerprint density at radius 3 is 2.58 bits per heavy atom. The molecule has 0 saturated carbocycles. The van der Waals surface area contributed by atoms with Gasteiger partial charge >= 0.3 is 0 Å². The lowest BCUT2D eigenvalue weighted by Gasteiger charge is -2.18. The van der Waals surface area contributed by atoms with E-state index in [0.29, 0.717) is 12.1 Å². The third kappa shape index (κ3) is 3.60. The van der Waals surface area contributed by atoms with Gasteiger partial charge in [0.05, 0.1) is 17.5 Å². The molecule has 0 aliphatic heterocycles. The van der Waals surface area contributed by atoms with Gasteiger partial charge in [0.2, 0.25) is 0 Å². The van der Waals surface area contributed by atoms with E-state index in [0.717, 1.165) is 22.3 Å². The van der Waals surface area contributed by atoms with E-state index in [2.05, 4.69) is 54.5 Å². The van der Waals surface area contributed by atoms with Gasteiger partial charge in [-0.25, -0.2) is 9.67 Å². The van der Waals surface area contributed by atoms with Gasteiger partial charge in [0.15, 0.2) is 5.65 Å². The van der Waals surface area contributed by atoms with Gasteiger partial charge in [-0.05, 0) is 50.8 Å². The molecule has 2 aromatic heterocycles. The minimum absolute atomic E-state index is 0.0249. The fraction of sp³-hybridized carbons (Fsp3) is 0.350. The minimum Gasteiger partial charge on any atom is -0.337 e. The number of thioether (sulfide) groups is 1. The number of nitrogens with zero attached hydrogens (tertiary/aromatic N) is 4. The summed E-state index contributed by atoms with van der Waals surface area (Å²) in [7, 11) is 1.83. The predicted octanol–water partition coefficient (Wildman–Crippen LogP) is 4.31. The lowest BCUT2D eigenvalue weighted by molar-refractivity contribution is 0.0784. The summed E-state index contributed by atoms with van der Waals surface area (Å²) in [5, 5.41) is 5.29. The van der Waals surface area contributed by atoms with E-state index in [4.69, 9.17) is 0 Å². The fourth-order valence-corrected chi connectivity index (χ4v) is 3.35. The maximum Gasteiger partial charge on any atom is 0.255 e. The summed E-state index contributed by atoms with van der Waals surface area (Å²) in [6.45, 7) is 6.58. The highest BCUT2D eigenvalue weighted by molar-refractivity contribution is 7.98. The van der Waals surface area contributed by atoms with E-state index < -0.39 is 0 Å². The van der Waals surface area contributed by atoms with Crippen LogP contribution in [-0.4, -0.2) is 38.9 Å². The zero-order valence-corrected chi connectivity index (χ0v) is 16.7. The van der Waals surface area contributed by atoms with Crippen molar-refractivity contribution in [1.82, 2.24) is 19.7 Å². The summed E-state index contributed by atoms with van der Waals surface area (Å²) in [6.07, 6.45) is 3.83. The Morgan fingerprint density at radius 2 is 1.96 bits per heavy atom. The molecule has 3 aromatic rings. The van der Waals surface area contributed by atoms with Crippen LogP contribution in [0.1, 0.15) is 41.5 Å².